The molecule has 1 aliphatic heterocycles. The summed E-state index contributed by atoms with van der Waals surface area (Å²) in [6, 6.07) is 5.69. The molecule has 1 aliphatic rings. The first-order chi connectivity index (χ1) is 14.1. The molecular formula is C20H15ClN6OS. The Kier molecular flexibility index (Phi) is 4.43. The molecule has 0 radical (unpaired) electrons. The van der Waals surface area contributed by atoms with Crippen molar-refractivity contribution in [1.82, 2.24) is 29.5 Å². The molecule has 4 heterocycles. The SMILES string of the molecule is COCc1nnn2c1Cc1c(C#Cc3ncc(C)s3)ncn1-c1ccc(Cl)cc1-2. The Morgan fingerprint density at radius 2 is 2.10 bits per heavy atom. The number of aryl methyl sites for hydroxylation is 1. The van der Waals surface area contributed by atoms with Crippen LogP contribution >= 0.6 is 22.9 Å². The first-order valence-electron chi connectivity index (χ1n) is 8.87. The topological polar surface area (TPSA) is 70.7 Å². The lowest BCUT2D eigenvalue weighted by molar-refractivity contribution is 0.180. The van der Waals surface area contributed by atoms with E-state index in [-0.39, 0.29) is 0 Å². The van der Waals surface area contributed by atoms with E-state index in [0.29, 0.717) is 23.7 Å². The molecule has 0 atom stereocenters. The minimum absolute atomic E-state index is 0.374. The summed E-state index contributed by atoms with van der Waals surface area (Å²) in [5.41, 5.74) is 5.14. The van der Waals surface area contributed by atoms with Crippen molar-refractivity contribution >= 4 is 22.9 Å². The number of nitrogens with zero attached hydrogens (tertiary/aromatic N) is 6. The Balaban J connectivity index is 1.69. The van der Waals surface area contributed by atoms with E-state index < -0.39 is 0 Å². The summed E-state index contributed by atoms with van der Waals surface area (Å²) in [4.78, 5) is 10.0. The van der Waals surface area contributed by atoms with Crippen molar-refractivity contribution in [2.24, 2.45) is 0 Å². The third-order valence-electron chi connectivity index (χ3n) is 4.66. The zero-order valence-corrected chi connectivity index (χ0v) is 17.3. The summed E-state index contributed by atoms with van der Waals surface area (Å²) in [7, 11) is 1.64. The van der Waals surface area contributed by atoms with Crippen LogP contribution in [-0.4, -0.2) is 36.6 Å². The van der Waals surface area contributed by atoms with Crippen LogP contribution in [0.3, 0.4) is 0 Å². The second kappa shape index (κ2) is 7.12. The molecule has 0 bridgehead atoms. The Bertz CT molecular complexity index is 1290. The highest BCUT2D eigenvalue weighted by atomic mass is 35.5. The van der Waals surface area contributed by atoms with Gasteiger partial charge in [-0.1, -0.05) is 16.8 Å². The number of halogens is 1. The molecule has 0 N–H and O–H groups in total. The van der Waals surface area contributed by atoms with Gasteiger partial charge in [0.1, 0.15) is 17.7 Å². The Morgan fingerprint density at radius 3 is 2.90 bits per heavy atom. The van der Waals surface area contributed by atoms with Gasteiger partial charge in [-0.15, -0.1) is 16.4 Å². The van der Waals surface area contributed by atoms with Crippen LogP contribution < -0.4 is 0 Å². The van der Waals surface area contributed by atoms with Crippen molar-refractivity contribution < 1.29 is 4.74 Å². The highest BCUT2D eigenvalue weighted by Gasteiger charge is 2.25. The second-order valence-electron chi connectivity index (χ2n) is 6.57. The summed E-state index contributed by atoms with van der Waals surface area (Å²) in [5, 5.41) is 10.1. The molecule has 0 saturated heterocycles. The Hall–Kier alpha value is -2.99. The predicted molar refractivity (Wildman–Crippen MR) is 110 cm³/mol. The van der Waals surface area contributed by atoms with E-state index in [1.807, 2.05) is 40.6 Å². The van der Waals surface area contributed by atoms with Crippen molar-refractivity contribution in [2.45, 2.75) is 20.0 Å². The van der Waals surface area contributed by atoms with Crippen LogP contribution in [0.1, 0.15) is 32.7 Å². The van der Waals surface area contributed by atoms with Crippen LogP contribution in [0, 0.1) is 18.8 Å². The molecule has 0 fully saturated rings. The lowest BCUT2D eigenvalue weighted by Gasteiger charge is -2.09. The van der Waals surface area contributed by atoms with E-state index in [0.717, 1.165) is 38.3 Å². The van der Waals surface area contributed by atoms with E-state index >= 15 is 0 Å². The van der Waals surface area contributed by atoms with E-state index in [4.69, 9.17) is 16.3 Å². The molecule has 1 aromatic carbocycles. The van der Waals surface area contributed by atoms with Gasteiger partial charge in [0, 0.05) is 29.6 Å². The van der Waals surface area contributed by atoms with Gasteiger partial charge in [-0.2, -0.15) is 0 Å². The minimum atomic E-state index is 0.374. The highest BCUT2D eigenvalue weighted by Crippen LogP contribution is 2.31. The summed E-state index contributed by atoms with van der Waals surface area (Å²) in [5.74, 6) is 6.31. The maximum absolute atomic E-state index is 6.28. The fraction of sp³-hybridized carbons (Fsp3) is 0.200. The molecule has 0 saturated carbocycles. The van der Waals surface area contributed by atoms with Crippen LogP contribution in [0.15, 0.2) is 30.7 Å². The molecule has 29 heavy (non-hydrogen) atoms. The molecule has 0 aliphatic carbocycles. The van der Waals surface area contributed by atoms with Crippen LogP contribution in [0.5, 0.6) is 0 Å². The monoisotopic (exact) mass is 422 g/mol. The maximum atomic E-state index is 6.28. The first kappa shape index (κ1) is 18.1. The number of thiazole rings is 1. The molecule has 7 nitrogen and oxygen atoms in total. The van der Waals surface area contributed by atoms with Gasteiger partial charge in [-0.3, -0.25) is 4.57 Å². The predicted octanol–water partition coefficient (Wildman–Crippen LogP) is 3.32. The van der Waals surface area contributed by atoms with Crippen molar-refractivity contribution in [3.63, 3.8) is 0 Å². The van der Waals surface area contributed by atoms with Crippen molar-refractivity contribution in [2.75, 3.05) is 7.11 Å². The molecule has 5 rings (SSSR count). The van der Waals surface area contributed by atoms with Gasteiger partial charge in [0.05, 0.1) is 29.4 Å². The van der Waals surface area contributed by atoms with Crippen LogP contribution in [0.2, 0.25) is 5.02 Å². The van der Waals surface area contributed by atoms with Gasteiger partial charge in [-0.25, -0.2) is 14.6 Å². The van der Waals surface area contributed by atoms with E-state index in [1.54, 1.807) is 24.8 Å². The van der Waals surface area contributed by atoms with Gasteiger partial charge >= 0.3 is 0 Å². The van der Waals surface area contributed by atoms with Crippen LogP contribution in [0.4, 0.5) is 0 Å². The molecule has 3 aromatic heterocycles. The molecule has 9 heteroatoms. The lowest BCUT2D eigenvalue weighted by atomic mass is 10.1. The summed E-state index contributed by atoms with van der Waals surface area (Å²) < 4.78 is 9.17. The van der Waals surface area contributed by atoms with Crippen molar-refractivity contribution in [3.05, 3.63) is 68.4 Å². The summed E-state index contributed by atoms with van der Waals surface area (Å²) in [6.07, 6.45) is 4.18. The third-order valence-corrected chi connectivity index (χ3v) is 5.72. The molecule has 0 unspecified atom stereocenters. The number of hydrogen-bond donors (Lipinski definition) is 0. The normalized spacial score (nSPS) is 11.8. The highest BCUT2D eigenvalue weighted by molar-refractivity contribution is 7.12. The van der Waals surface area contributed by atoms with E-state index in [2.05, 4.69) is 32.1 Å². The molecule has 4 aromatic rings. The van der Waals surface area contributed by atoms with E-state index in [1.165, 1.54) is 0 Å². The lowest BCUT2D eigenvalue weighted by Crippen LogP contribution is -2.04. The quantitative estimate of drug-likeness (QED) is 0.408. The third kappa shape index (κ3) is 3.13. The molecular weight excluding hydrogens is 408 g/mol. The van der Waals surface area contributed by atoms with Crippen molar-refractivity contribution in [1.29, 1.82) is 0 Å². The van der Waals surface area contributed by atoms with E-state index in [9.17, 15) is 0 Å². The number of rotatable bonds is 2. The minimum Gasteiger partial charge on any atom is -0.378 e. The van der Waals surface area contributed by atoms with Gasteiger partial charge in [0.25, 0.3) is 0 Å². The summed E-state index contributed by atoms with van der Waals surface area (Å²) >= 11 is 7.84. The second-order valence-corrected chi connectivity index (χ2v) is 8.24. The smallest absolute Gasteiger partial charge is 0.167 e. The van der Waals surface area contributed by atoms with Gasteiger partial charge in [0.15, 0.2) is 5.01 Å². The number of fused-ring (bicyclic) bond motifs is 5. The standard InChI is InChI=1S/C20H15ClN6OS/c1-12-9-22-20(29-12)6-4-14-17-8-18-15(10-28-2)24-25-27(18)19-7-13(21)3-5-16(19)26(17)11-23-14/h3,5,7,9,11H,8,10H2,1-2H3. The average Bonchev–Trinajstić information content (AvgIpc) is 3.39. The molecule has 0 amide bonds. The first-order valence-corrected chi connectivity index (χ1v) is 10.1. The zero-order chi connectivity index (χ0) is 20.0. The number of benzene rings is 1. The largest absolute Gasteiger partial charge is 0.378 e. The number of aromatic nitrogens is 6. The van der Waals surface area contributed by atoms with Crippen LogP contribution in [0.25, 0.3) is 11.4 Å². The Morgan fingerprint density at radius 1 is 1.21 bits per heavy atom. The summed E-state index contributed by atoms with van der Waals surface area (Å²) in [6.45, 7) is 2.39. The Labute approximate surface area is 175 Å². The molecule has 144 valence electrons. The van der Waals surface area contributed by atoms with Gasteiger partial charge < -0.3 is 4.74 Å². The van der Waals surface area contributed by atoms with Gasteiger partial charge in [-0.05, 0) is 37.0 Å². The number of ether oxygens (including phenoxy) is 1. The maximum Gasteiger partial charge on any atom is 0.167 e. The van der Waals surface area contributed by atoms with Gasteiger partial charge in [0.2, 0.25) is 0 Å². The number of methoxy groups -OCH3 is 1. The molecule has 0 spiro atoms. The average molecular weight is 423 g/mol. The van der Waals surface area contributed by atoms with Crippen molar-refractivity contribution in [3.8, 4) is 23.2 Å². The fourth-order valence-corrected chi connectivity index (χ4v) is 4.14. The number of imidazole rings is 1. The fourth-order valence-electron chi connectivity index (χ4n) is 3.36. The van der Waals surface area contributed by atoms with Crippen LogP contribution in [-0.2, 0) is 17.8 Å². The number of hydrogen-bond acceptors (Lipinski definition) is 6. The zero-order valence-electron chi connectivity index (χ0n) is 15.7.